The molecule has 0 atom stereocenters. The molecule has 1 aromatic rings. The van der Waals surface area contributed by atoms with Gasteiger partial charge in [0.1, 0.15) is 11.5 Å². The summed E-state index contributed by atoms with van der Waals surface area (Å²) in [6, 6.07) is 3.09. The summed E-state index contributed by atoms with van der Waals surface area (Å²) < 4.78 is 0. The number of rotatable bonds is 4. The number of pyridine rings is 1. The maximum absolute atomic E-state index is 11.5. The van der Waals surface area contributed by atoms with E-state index in [0.717, 1.165) is 0 Å². The van der Waals surface area contributed by atoms with Crippen molar-refractivity contribution in [1.82, 2.24) is 10.3 Å². The fraction of sp³-hybridized carbons (Fsp3) is 0.222. The molecule has 1 heterocycles. The molecule has 0 saturated carbocycles. The van der Waals surface area contributed by atoms with Gasteiger partial charge in [-0.3, -0.25) is 4.79 Å². The maximum Gasteiger partial charge on any atom is 0.269 e. The number of nitrogens with one attached hydrogen (secondary N) is 1. The van der Waals surface area contributed by atoms with Crippen molar-refractivity contribution in [3.63, 3.8) is 0 Å². The van der Waals surface area contributed by atoms with E-state index < -0.39 is 0 Å². The summed E-state index contributed by atoms with van der Waals surface area (Å²) in [7, 11) is 0. The lowest BCUT2D eigenvalue weighted by Crippen LogP contribution is -2.28. The molecule has 0 aliphatic carbocycles. The van der Waals surface area contributed by atoms with Crippen LogP contribution in [0.15, 0.2) is 23.5 Å². The van der Waals surface area contributed by atoms with Gasteiger partial charge in [0.2, 0.25) is 0 Å². The molecule has 4 N–H and O–H groups in total. The maximum atomic E-state index is 11.5. The Balaban J connectivity index is 2.44. The summed E-state index contributed by atoms with van der Waals surface area (Å²) in [5.41, 5.74) is 5.50. The second-order valence-electron chi connectivity index (χ2n) is 2.96. The van der Waals surface area contributed by atoms with Gasteiger partial charge < -0.3 is 16.3 Å². The van der Waals surface area contributed by atoms with Gasteiger partial charge in [-0.15, -0.1) is 0 Å². The van der Waals surface area contributed by atoms with Crippen LogP contribution >= 0.6 is 11.6 Å². The predicted molar refractivity (Wildman–Crippen MR) is 59.6 cm³/mol. The molecule has 0 bridgehead atoms. The van der Waals surface area contributed by atoms with Crippen molar-refractivity contribution in [2.75, 3.05) is 6.54 Å². The first-order valence-corrected chi connectivity index (χ1v) is 4.87. The summed E-state index contributed by atoms with van der Waals surface area (Å²) in [6.45, 7) is 0.277. The third kappa shape index (κ3) is 3.74. The lowest BCUT2D eigenvalue weighted by atomic mass is 10.3. The highest BCUT2D eigenvalue weighted by molar-refractivity contribution is 6.30. The minimum absolute atomic E-state index is 0.0596. The molecule has 0 spiro atoms. The van der Waals surface area contributed by atoms with Gasteiger partial charge in [-0.05, 0) is 12.1 Å². The Morgan fingerprint density at radius 2 is 2.38 bits per heavy atom. The van der Waals surface area contributed by atoms with E-state index in [0.29, 0.717) is 5.02 Å². The normalized spacial score (nSPS) is 11.2. The summed E-state index contributed by atoms with van der Waals surface area (Å²) in [4.78, 5) is 15.3. The van der Waals surface area contributed by atoms with Crippen LogP contribution in [-0.4, -0.2) is 28.5 Å². The number of carbonyl (C=O) groups is 1. The van der Waals surface area contributed by atoms with Crippen LogP contribution < -0.4 is 11.1 Å². The molecular weight excluding hydrogens is 232 g/mol. The number of amides is 1. The Labute approximate surface area is 97.1 Å². The van der Waals surface area contributed by atoms with E-state index in [9.17, 15) is 4.79 Å². The first kappa shape index (κ1) is 12.3. The average molecular weight is 243 g/mol. The van der Waals surface area contributed by atoms with Crippen molar-refractivity contribution in [3.05, 3.63) is 29.0 Å². The highest BCUT2D eigenvalue weighted by Gasteiger charge is 2.06. The minimum Gasteiger partial charge on any atom is -0.409 e. The van der Waals surface area contributed by atoms with Crippen molar-refractivity contribution < 1.29 is 10.0 Å². The molecule has 0 saturated heterocycles. The molecule has 1 amide bonds. The van der Waals surface area contributed by atoms with Crippen molar-refractivity contribution >= 4 is 23.3 Å². The molecule has 0 aliphatic rings. The molecular formula is C9H11ClN4O2. The summed E-state index contributed by atoms with van der Waals surface area (Å²) in [5.74, 6) is -0.272. The van der Waals surface area contributed by atoms with Crippen molar-refractivity contribution in [2.45, 2.75) is 6.42 Å². The van der Waals surface area contributed by atoms with E-state index in [1.165, 1.54) is 12.3 Å². The number of carbonyl (C=O) groups excluding carboxylic acids is 1. The van der Waals surface area contributed by atoms with Crippen LogP contribution in [0.1, 0.15) is 16.9 Å². The van der Waals surface area contributed by atoms with Gasteiger partial charge in [-0.2, -0.15) is 0 Å². The molecule has 1 rings (SSSR count). The Bertz CT molecular complexity index is 391. The average Bonchev–Trinajstić information content (AvgIpc) is 2.29. The molecule has 0 aromatic carbocycles. The van der Waals surface area contributed by atoms with E-state index in [1.54, 1.807) is 6.07 Å². The topological polar surface area (TPSA) is 101 Å². The molecule has 0 fully saturated rings. The Hall–Kier alpha value is -1.82. The fourth-order valence-corrected chi connectivity index (χ4v) is 1.07. The first-order chi connectivity index (χ1) is 7.63. The highest BCUT2D eigenvalue weighted by Crippen LogP contribution is 2.05. The molecule has 7 heteroatoms. The lowest BCUT2D eigenvalue weighted by molar-refractivity contribution is 0.0949. The predicted octanol–water partition coefficient (Wildman–Crippen LogP) is 0.601. The van der Waals surface area contributed by atoms with Gasteiger partial charge in [0.15, 0.2) is 0 Å². The number of hydrogen-bond acceptors (Lipinski definition) is 4. The van der Waals surface area contributed by atoms with E-state index in [4.69, 9.17) is 22.5 Å². The number of halogens is 1. The van der Waals surface area contributed by atoms with Gasteiger partial charge in [0.25, 0.3) is 5.91 Å². The van der Waals surface area contributed by atoms with Gasteiger partial charge in [-0.1, -0.05) is 16.8 Å². The van der Waals surface area contributed by atoms with E-state index in [2.05, 4.69) is 15.5 Å². The zero-order chi connectivity index (χ0) is 12.0. The smallest absolute Gasteiger partial charge is 0.269 e. The monoisotopic (exact) mass is 242 g/mol. The van der Waals surface area contributed by atoms with E-state index >= 15 is 0 Å². The number of nitrogens with zero attached hydrogens (tertiary/aromatic N) is 2. The molecule has 16 heavy (non-hydrogen) atoms. The van der Waals surface area contributed by atoms with Crippen LogP contribution in [-0.2, 0) is 0 Å². The summed E-state index contributed by atoms with van der Waals surface area (Å²) in [5, 5.41) is 14.1. The number of amidine groups is 1. The van der Waals surface area contributed by atoms with E-state index in [-0.39, 0.29) is 30.4 Å². The Kier molecular flexibility index (Phi) is 4.53. The van der Waals surface area contributed by atoms with Gasteiger partial charge in [0.05, 0.1) is 5.02 Å². The third-order valence-corrected chi connectivity index (χ3v) is 1.98. The first-order valence-electron chi connectivity index (χ1n) is 4.49. The second kappa shape index (κ2) is 5.92. The van der Waals surface area contributed by atoms with E-state index in [1.807, 2.05) is 0 Å². The van der Waals surface area contributed by atoms with Gasteiger partial charge in [0, 0.05) is 19.2 Å². The molecule has 0 aliphatic heterocycles. The van der Waals surface area contributed by atoms with Crippen molar-refractivity contribution in [3.8, 4) is 0 Å². The number of hydrogen-bond donors (Lipinski definition) is 3. The molecule has 86 valence electrons. The second-order valence-corrected chi connectivity index (χ2v) is 3.40. The van der Waals surface area contributed by atoms with Gasteiger partial charge >= 0.3 is 0 Å². The van der Waals surface area contributed by atoms with Crippen LogP contribution in [0, 0.1) is 0 Å². The minimum atomic E-state index is -0.331. The van der Waals surface area contributed by atoms with Crippen LogP contribution in [0.3, 0.4) is 0 Å². The third-order valence-electron chi connectivity index (χ3n) is 1.76. The number of oxime groups is 1. The van der Waals surface area contributed by atoms with Crippen LogP contribution in [0.4, 0.5) is 0 Å². The molecule has 6 nitrogen and oxygen atoms in total. The highest BCUT2D eigenvalue weighted by atomic mass is 35.5. The van der Waals surface area contributed by atoms with Crippen LogP contribution in [0.2, 0.25) is 5.02 Å². The SMILES string of the molecule is NC(CCNC(=O)c1ccc(Cl)cn1)=NO. The zero-order valence-corrected chi connectivity index (χ0v) is 9.11. The van der Waals surface area contributed by atoms with Crippen LogP contribution in [0.25, 0.3) is 0 Å². The number of aromatic nitrogens is 1. The standard InChI is InChI=1S/C9H11ClN4O2/c10-6-1-2-7(13-5-6)9(15)12-4-3-8(11)14-16/h1-2,5,16H,3-4H2,(H2,11,14)(H,12,15). The summed E-state index contributed by atoms with van der Waals surface area (Å²) >= 11 is 5.63. The number of nitrogens with two attached hydrogens (primary N) is 1. The summed E-state index contributed by atoms with van der Waals surface area (Å²) in [6.07, 6.45) is 1.66. The molecule has 0 radical (unpaired) electrons. The van der Waals surface area contributed by atoms with Crippen molar-refractivity contribution in [2.24, 2.45) is 10.9 Å². The Morgan fingerprint density at radius 3 is 2.94 bits per heavy atom. The quantitative estimate of drug-likeness (QED) is 0.312. The molecule has 0 unspecified atom stereocenters. The van der Waals surface area contributed by atoms with Crippen LogP contribution in [0.5, 0.6) is 0 Å². The Morgan fingerprint density at radius 1 is 1.62 bits per heavy atom. The van der Waals surface area contributed by atoms with Crippen molar-refractivity contribution in [1.29, 1.82) is 0 Å². The lowest BCUT2D eigenvalue weighted by Gasteiger charge is -2.03. The zero-order valence-electron chi connectivity index (χ0n) is 8.35. The molecule has 1 aromatic heterocycles. The largest absolute Gasteiger partial charge is 0.409 e. The van der Waals surface area contributed by atoms with Gasteiger partial charge in [-0.25, -0.2) is 4.98 Å². The fourth-order valence-electron chi connectivity index (χ4n) is 0.955.